The molecule has 0 aliphatic carbocycles. The molecule has 2 heterocycles. The molecule has 1 fully saturated rings. The predicted molar refractivity (Wildman–Crippen MR) is 59.9 cm³/mol. The summed E-state index contributed by atoms with van der Waals surface area (Å²) in [5.41, 5.74) is 0.0241. The number of hydrogen-bond donors (Lipinski definition) is 3. The molecule has 0 aromatic carbocycles. The van der Waals surface area contributed by atoms with Crippen molar-refractivity contribution < 1.29 is 27.2 Å². The maximum Gasteiger partial charge on any atom is 0.356 e. The van der Waals surface area contributed by atoms with Crippen LogP contribution in [0.5, 0.6) is 0 Å². The highest BCUT2D eigenvalue weighted by Crippen LogP contribution is 2.13. The van der Waals surface area contributed by atoms with Crippen LogP contribution < -0.4 is 22.6 Å². The van der Waals surface area contributed by atoms with E-state index in [-0.39, 0.29) is 18.1 Å². The lowest BCUT2D eigenvalue weighted by molar-refractivity contribution is -0.840. The van der Waals surface area contributed by atoms with Crippen molar-refractivity contribution in [2.75, 3.05) is 26.2 Å². The quantitative estimate of drug-likeness (QED) is 0.518. The Morgan fingerprint density at radius 3 is 2.71 bits per heavy atom. The number of quaternary nitrogens is 1. The second-order valence-corrected chi connectivity index (χ2v) is 4.40. The average molecular weight is 324 g/mol. The number of nitrogens with one attached hydrogen (secondary N) is 2. The third-order valence-electron chi connectivity index (χ3n) is 2.47. The number of rotatable bonds is 2. The van der Waals surface area contributed by atoms with Gasteiger partial charge in [-0.25, -0.2) is 4.79 Å². The number of hydrogen-bond acceptors (Lipinski definition) is 4. The van der Waals surface area contributed by atoms with E-state index in [9.17, 15) is 4.79 Å². The number of carbonyl (C=O) groups is 1. The van der Waals surface area contributed by atoms with Crippen molar-refractivity contribution in [1.29, 1.82) is 0 Å². The molecule has 0 spiro atoms. The van der Waals surface area contributed by atoms with Gasteiger partial charge in [0.25, 0.3) is 0 Å². The molecule has 0 saturated carbocycles. The molecule has 0 bridgehead atoms. The molecule has 1 aliphatic heterocycles. The molecule has 1 aromatic rings. The Balaban J connectivity index is 0.00000144. The van der Waals surface area contributed by atoms with Crippen LogP contribution in [0.2, 0.25) is 0 Å². The second kappa shape index (κ2) is 6.25. The fourth-order valence-electron chi connectivity index (χ4n) is 1.64. The van der Waals surface area contributed by atoms with Crippen LogP contribution in [0.25, 0.3) is 0 Å². The summed E-state index contributed by atoms with van der Waals surface area (Å²) in [5, 5.41) is 12.2. The fourth-order valence-corrected chi connectivity index (χ4v) is 2.00. The molecule has 1 aromatic heterocycles. The minimum Gasteiger partial charge on any atom is -1.00 e. The second-order valence-electron chi connectivity index (χ2n) is 3.55. The Labute approximate surface area is 113 Å². The lowest BCUT2D eigenvalue weighted by Gasteiger charge is -2.21. The molecule has 8 heteroatoms. The molecule has 0 atom stereocenters. The Bertz CT molecular complexity index is 412. The van der Waals surface area contributed by atoms with Gasteiger partial charge in [-0.3, -0.25) is 4.90 Å². The van der Waals surface area contributed by atoms with Crippen molar-refractivity contribution in [3.05, 3.63) is 16.4 Å². The molecule has 3 N–H and O–H groups in total. The lowest BCUT2D eigenvalue weighted by Crippen LogP contribution is -3.10. The van der Waals surface area contributed by atoms with Gasteiger partial charge in [-0.2, -0.15) is 9.97 Å². The van der Waals surface area contributed by atoms with Crippen LogP contribution in [0.1, 0.15) is 10.5 Å². The number of aromatic nitrogens is 2. The van der Waals surface area contributed by atoms with Crippen molar-refractivity contribution in [3.8, 4) is 0 Å². The summed E-state index contributed by atoms with van der Waals surface area (Å²) in [7, 11) is 0. The van der Waals surface area contributed by atoms with Gasteiger partial charge in [-0.15, -0.1) is 0 Å². The lowest BCUT2D eigenvalue weighted by atomic mass is 10.4. The summed E-state index contributed by atoms with van der Waals surface area (Å²) in [5.74, 6) is -0.479. The minimum absolute atomic E-state index is 0. The van der Waals surface area contributed by atoms with E-state index in [1.807, 2.05) is 0 Å². The Kier molecular flexibility index (Phi) is 5.26. The largest absolute Gasteiger partial charge is 1.00 e. The standard InChI is InChI=1S/C9H11BrN4O2.ClH/c10-6-5-12-9(13-7(6)8(15)16)14-3-1-11-2-4-14;/h5,11H,1-4H2,(H,15,16);1H. The van der Waals surface area contributed by atoms with Crippen LogP contribution in [-0.4, -0.2) is 47.2 Å². The summed E-state index contributed by atoms with van der Waals surface area (Å²) in [6.07, 6.45) is 1.50. The van der Waals surface area contributed by atoms with Crippen LogP contribution in [0.3, 0.4) is 0 Å². The third kappa shape index (κ3) is 3.35. The van der Waals surface area contributed by atoms with E-state index >= 15 is 0 Å². The topological polar surface area (TPSA) is 79.5 Å². The van der Waals surface area contributed by atoms with Crippen molar-refractivity contribution in [2.45, 2.75) is 0 Å². The van der Waals surface area contributed by atoms with Crippen LogP contribution in [0.4, 0.5) is 5.95 Å². The summed E-state index contributed by atoms with van der Waals surface area (Å²) < 4.78 is 0.415. The smallest absolute Gasteiger partial charge is 0.356 e. The molecule has 1 aliphatic rings. The summed E-state index contributed by atoms with van der Waals surface area (Å²) in [6.45, 7) is 3.55. The van der Waals surface area contributed by atoms with Gasteiger partial charge >= 0.3 is 11.9 Å². The minimum atomic E-state index is -1.04. The van der Waals surface area contributed by atoms with E-state index < -0.39 is 5.97 Å². The third-order valence-corrected chi connectivity index (χ3v) is 3.05. The summed E-state index contributed by atoms with van der Waals surface area (Å²) >= 11 is 3.13. The molecule has 1 saturated heterocycles. The van der Waals surface area contributed by atoms with Gasteiger partial charge in [0.2, 0.25) is 0 Å². The van der Waals surface area contributed by atoms with Crippen molar-refractivity contribution >= 4 is 27.8 Å². The summed E-state index contributed by atoms with van der Waals surface area (Å²) in [4.78, 5) is 20.3. The van der Waals surface area contributed by atoms with E-state index in [4.69, 9.17) is 5.11 Å². The maximum absolute atomic E-state index is 10.9. The van der Waals surface area contributed by atoms with Crippen LogP contribution >= 0.6 is 15.9 Å². The zero-order chi connectivity index (χ0) is 11.5. The first-order chi connectivity index (χ1) is 7.68. The van der Waals surface area contributed by atoms with Crippen LogP contribution in [-0.2, 0) is 0 Å². The first-order valence-electron chi connectivity index (χ1n) is 5.00. The van der Waals surface area contributed by atoms with E-state index in [1.54, 1.807) is 0 Å². The Morgan fingerprint density at radius 2 is 2.12 bits per heavy atom. The zero-order valence-corrected chi connectivity index (χ0v) is 11.3. The molecular weight excluding hydrogens is 311 g/mol. The molecule has 0 amide bonds. The van der Waals surface area contributed by atoms with Gasteiger partial charge in [0.05, 0.1) is 23.8 Å². The number of halogens is 2. The average Bonchev–Trinajstić information content (AvgIpc) is 2.30. The van der Waals surface area contributed by atoms with E-state index in [0.717, 1.165) is 31.1 Å². The highest BCUT2D eigenvalue weighted by Gasteiger charge is 2.21. The van der Waals surface area contributed by atoms with E-state index in [0.29, 0.717) is 10.4 Å². The zero-order valence-electron chi connectivity index (χ0n) is 8.91. The van der Waals surface area contributed by atoms with Gasteiger partial charge in [0.15, 0.2) is 5.69 Å². The first-order valence-corrected chi connectivity index (χ1v) is 5.79. The molecule has 2 rings (SSSR count). The monoisotopic (exact) mass is 322 g/mol. The predicted octanol–water partition coefficient (Wildman–Crippen LogP) is -3.94. The highest BCUT2D eigenvalue weighted by molar-refractivity contribution is 9.10. The first kappa shape index (κ1) is 14.3. The number of carboxylic acids is 1. The Morgan fingerprint density at radius 1 is 1.47 bits per heavy atom. The number of carboxylic acid groups (broad SMARTS) is 1. The van der Waals surface area contributed by atoms with Crippen molar-refractivity contribution in [3.63, 3.8) is 0 Å². The molecule has 0 radical (unpaired) electrons. The Hall–Kier alpha value is -0.760. The maximum atomic E-state index is 10.9. The van der Waals surface area contributed by atoms with Crippen molar-refractivity contribution in [2.24, 2.45) is 0 Å². The van der Waals surface area contributed by atoms with Crippen LogP contribution in [0.15, 0.2) is 10.7 Å². The van der Waals surface area contributed by atoms with E-state index in [1.165, 1.54) is 6.20 Å². The molecule has 6 nitrogen and oxygen atoms in total. The highest BCUT2D eigenvalue weighted by atomic mass is 79.9. The van der Waals surface area contributed by atoms with Gasteiger partial charge in [-0.1, -0.05) is 0 Å². The molecule has 17 heavy (non-hydrogen) atoms. The van der Waals surface area contributed by atoms with Gasteiger partial charge < -0.3 is 22.8 Å². The van der Waals surface area contributed by atoms with Crippen molar-refractivity contribution in [1.82, 2.24) is 15.3 Å². The number of nitrogens with zero attached hydrogens (tertiary/aromatic N) is 2. The molecule has 0 unspecified atom stereocenters. The SMILES string of the molecule is O=C(O)c1nc([NH+]2CCNCC2)ncc1Br.[Cl-]. The normalized spacial score (nSPS) is 16.3. The number of piperazine rings is 1. The number of aromatic carboxylic acids is 1. The van der Waals surface area contributed by atoms with Gasteiger partial charge in [0, 0.05) is 13.1 Å². The van der Waals surface area contributed by atoms with Gasteiger partial charge in [-0.05, 0) is 15.9 Å². The van der Waals surface area contributed by atoms with Gasteiger partial charge in [0.1, 0.15) is 0 Å². The van der Waals surface area contributed by atoms with Crippen LogP contribution in [0, 0.1) is 0 Å². The molecular formula is C9H12BrClN4O2. The fraction of sp³-hybridized carbons (Fsp3) is 0.444. The van der Waals surface area contributed by atoms with E-state index in [2.05, 4.69) is 31.2 Å². The molecule has 94 valence electrons. The summed E-state index contributed by atoms with van der Waals surface area (Å²) in [6, 6.07) is 0.